The predicted molar refractivity (Wildman–Crippen MR) is 167 cm³/mol. The van der Waals surface area contributed by atoms with Crippen LogP contribution in [-0.4, -0.2) is 70.4 Å². The summed E-state index contributed by atoms with van der Waals surface area (Å²) in [5.74, 6) is 7.13. The average Bonchev–Trinajstić information content (AvgIpc) is 3.27. The van der Waals surface area contributed by atoms with Crippen molar-refractivity contribution in [2.45, 2.75) is 44.8 Å². The molecule has 216 valence electrons. The van der Waals surface area contributed by atoms with E-state index in [9.17, 15) is 13.3 Å². The maximum Gasteiger partial charge on any atom is 0.142 e. The number of alkyl halides is 2. The van der Waals surface area contributed by atoms with Crippen LogP contribution in [0.1, 0.15) is 36.6 Å². The van der Waals surface area contributed by atoms with Gasteiger partial charge in [-0.1, -0.05) is 24.0 Å². The zero-order valence-electron chi connectivity index (χ0n) is 23.9. The van der Waals surface area contributed by atoms with Crippen molar-refractivity contribution in [3.05, 3.63) is 46.8 Å². The molecule has 9 heteroatoms. The first-order chi connectivity index (χ1) is 19.2. The van der Waals surface area contributed by atoms with Crippen LogP contribution in [0.4, 0.5) is 20.2 Å². The summed E-state index contributed by atoms with van der Waals surface area (Å²) in [5.41, 5.74) is 2.80. The highest BCUT2D eigenvalue weighted by atomic mass is 32.1. The summed E-state index contributed by atoms with van der Waals surface area (Å²) in [4.78, 5) is 3.22. The summed E-state index contributed by atoms with van der Waals surface area (Å²) >= 11 is 1.61. The third kappa shape index (κ3) is 7.78. The van der Waals surface area contributed by atoms with Crippen LogP contribution >= 0.6 is 18.5 Å². The number of anilines is 2. The number of ether oxygens (including phenoxy) is 1. The molecule has 1 aliphatic rings. The van der Waals surface area contributed by atoms with E-state index in [1.165, 1.54) is 0 Å². The molecule has 0 bridgehead atoms. The van der Waals surface area contributed by atoms with Crippen LogP contribution in [0.15, 0.2) is 36.4 Å². The highest BCUT2D eigenvalue weighted by Gasteiger charge is 2.21. The van der Waals surface area contributed by atoms with Gasteiger partial charge in [0.15, 0.2) is 0 Å². The fraction of sp³-hybridized carbons (Fsp3) is 0.484. The van der Waals surface area contributed by atoms with E-state index in [0.717, 1.165) is 69.7 Å². The molecule has 5 nitrogen and oxygen atoms in total. The molecule has 1 aromatic heterocycles. The number of nitrogens with zero attached hydrogens (tertiary/aromatic N) is 1. The lowest BCUT2D eigenvalue weighted by molar-refractivity contribution is 0.210. The first-order valence-corrected chi connectivity index (χ1v) is 17.3. The Morgan fingerprint density at radius 2 is 1.98 bits per heavy atom. The fourth-order valence-corrected chi connectivity index (χ4v) is 7.14. The second kappa shape index (κ2) is 13.9. The largest absolute Gasteiger partial charge is 0.495 e. The van der Waals surface area contributed by atoms with Gasteiger partial charge in [-0.15, -0.1) is 11.3 Å². The van der Waals surface area contributed by atoms with Crippen molar-refractivity contribution < 1.29 is 18.1 Å². The third-order valence-corrected chi connectivity index (χ3v) is 9.95. The Balaban J connectivity index is 1.51. The van der Waals surface area contributed by atoms with E-state index >= 15 is 0 Å². The maximum absolute atomic E-state index is 14.2. The van der Waals surface area contributed by atoms with Gasteiger partial charge in [0.05, 0.1) is 41.3 Å². The summed E-state index contributed by atoms with van der Waals surface area (Å²) in [6, 6.07) is 12.1. The van der Waals surface area contributed by atoms with Crippen LogP contribution in [-0.2, 0) is 11.0 Å². The van der Waals surface area contributed by atoms with Crippen LogP contribution in [0.5, 0.6) is 5.75 Å². The number of thiophene rings is 1. The van der Waals surface area contributed by atoms with Crippen LogP contribution in [0, 0.1) is 11.8 Å². The van der Waals surface area contributed by atoms with Crippen molar-refractivity contribution in [1.82, 2.24) is 4.90 Å². The molecule has 1 saturated heterocycles. The Hall–Kier alpha value is -2.59. The second-order valence-electron chi connectivity index (χ2n) is 10.8. The third-order valence-electron chi connectivity index (χ3n) is 7.24. The number of nitrogens with one attached hydrogen (secondary N) is 2. The molecule has 4 rings (SSSR count). The molecule has 1 unspecified atom stereocenters. The van der Waals surface area contributed by atoms with E-state index in [0.29, 0.717) is 31.2 Å². The molecule has 0 aliphatic carbocycles. The van der Waals surface area contributed by atoms with Gasteiger partial charge in [-0.25, -0.2) is 4.39 Å². The number of rotatable bonds is 11. The summed E-state index contributed by atoms with van der Waals surface area (Å²) in [6.45, 7) is 7.95. The summed E-state index contributed by atoms with van der Waals surface area (Å²) < 4.78 is 45.8. The Morgan fingerprint density at radius 1 is 1.20 bits per heavy atom. The molecule has 2 aromatic carbocycles. The maximum atomic E-state index is 14.2. The highest BCUT2D eigenvalue weighted by Crippen LogP contribution is 2.39. The van der Waals surface area contributed by atoms with Gasteiger partial charge >= 0.3 is 0 Å². The number of fused-ring (bicyclic) bond motifs is 1. The molecule has 0 radical (unpaired) electrons. The van der Waals surface area contributed by atoms with E-state index in [1.54, 1.807) is 38.7 Å². The Morgan fingerprint density at radius 3 is 2.65 bits per heavy atom. The van der Waals surface area contributed by atoms with Crippen molar-refractivity contribution in [2.24, 2.45) is 0 Å². The smallest absolute Gasteiger partial charge is 0.142 e. The van der Waals surface area contributed by atoms with Crippen molar-refractivity contribution >= 4 is 45.2 Å². The van der Waals surface area contributed by atoms with E-state index in [1.807, 2.05) is 24.3 Å². The van der Waals surface area contributed by atoms with Crippen LogP contribution in [0.3, 0.4) is 0 Å². The van der Waals surface area contributed by atoms with E-state index in [-0.39, 0.29) is 6.67 Å². The minimum atomic E-state index is -2.39. The van der Waals surface area contributed by atoms with E-state index in [4.69, 9.17) is 4.74 Å². The first kappa shape index (κ1) is 30.4. The topological polar surface area (TPSA) is 53.6 Å². The lowest BCUT2D eigenvalue weighted by Crippen LogP contribution is -2.39. The average molecular weight is 588 g/mol. The number of likely N-dealkylation sites (tertiary alicyclic amines) is 1. The molecule has 1 atom stereocenters. The quantitative estimate of drug-likeness (QED) is 0.192. The SMILES string of the molecule is COc1cc(P(C)(C)=O)ccc1NCC#Cc1sc2c(NC3CCN(CCCF)CC3)cccc2c1CC(C)F. The van der Waals surface area contributed by atoms with Crippen LogP contribution in [0.2, 0.25) is 0 Å². The first-order valence-electron chi connectivity index (χ1n) is 13.9. The second-order valence-corrected chi connectivity index (χ2v) is 15.0. The van der Waals surface area contributed by atoms with Crippen molar-refractivity contribution in [3.8, 4) is 17.6 Å². The summed E-state index contributed by atoms with van der Waals surface area (Å²) in [6.07, 6.45) is 1.97. The zero-order valence-corrected chi connectivity index (χ0v) is 25.6. The van der Waals surface area contributed by atoms with Gasteiger partial charge in [-0.05, 0) is 74.7 Å². The Bertz CT molecular complexity index is 1400. The van der Waals surface area contributed by atoms with Crippen molar-refractivity contribution in [3.63, 3.8) is 0 Å². The fourth-order valence-electron chi connectivity index (χ4n) is 5.10. The van der Waals surface area contributed by atoms with Gasteiger partial charge < -0.3 is 24.8 Å². The lowest BCUT2D eigenvalue weighted by atomic mass is 10.0. The molecular formula is C31H40F2N3O2PS. The molecule has 0 spiro atoms. The number of halogens is 2. The number of benzene rings is 2. The monoisotopic (exact) mass is 587 g/mol. The van der Waals surface area contributed by atoms with Gasteiger partial charge in [0.25, 0.3) is 0 Å². The zero-order chi connectivity index (χ0) is 28.7. The summed E-state index contributed by atoms with van der Waals surface area (Å²) in [5, 5.41) is 8.85. The van der Waals surface area contributed by atoms with Crippen molar-refractivity contribution in [2.75, 3.05) is 63.9 Å². The normalized spacial score (nSPS) is 15.4. The van der Waals surface area contributed by atoms with Gasteiger partial charge in [0, 0.05) is 37.4 Å². The minimum absolute atomic E-state index is 0.261. The van der Waals surface area contributed by atoms with Crippen LogP contribution in [0.25, 0.3) is 10.1 Å². The molecule has 40 heavy (non-hydrogen) atoms. The number of piperidine rings is 1. The molecular weight excluding hydrogens is 547 g/mol. The van der Waals surface area contributed by atoms with Gasteiger partial charge in [0.1, 0.15) is 19.1 Å². The van der Waals surface area contributed by atoms with E-state index in [2.05, 4.69) is 39.5 Å². The van der Waals surface area contributed by atoms with Gasteiger partial charge in [-0.3, -0.25) is 4.39 Å². The number of methoxy groups -OCH3 is 1. The highest BCUT2D eigenvalue weighted by molar-refractivity contribution is 7.70. The molecule has 0 amide bonds. The summed E-state index contributed by atoms with van der Waals surface area (Å²) in [7, 11) is -0.797. The number of hydrogen-bond donors (Lipinski definition) is 2. The molecule has 0 saturated carbocycles. The number of hydrogen-bond acceptors (Lipinski definition) is 6. The van der Waals surface area contributed by atoms with Gasteiger partial charge in [0.2, 0.25) is 0 Å². The molecule has 2 N–H and O–H groups in total. The van der Waals surface area contributed by atoms with Crippen molar-refractivity contribution in [1.29, 1.82) is 0 Å². The Kier molecular flexibility index (Phi) is 10.5. The van der Waals surface area contributed by atoms with Gasteiger partial charge in [-0.2, -0.15) is 0 Å². The predicted octanol–water partition coefficient (Wildman–Crippen LogP) is 6.76. The lowest BCUT2D eigenvalue weighted by Gasteiger charge is -2.32. The molecule has 1 aliphatic heterocycles. The van der Waals surface area contributed by atoms with Crippen LogP contribution < -0.4 is 20.7 Å². The standard InChI is InChI=1S/C31H40F2N3O2PS/c1-22(33)20-26-25-8-5-9-28(35-23-13-18-36(19-14-23)17-7-15-32)31(25)40-30(26)10-6-16-34-27-12-11-24(39(3,4)37)21-29(27)38-2/h5,8-9,11-12,21-23,34-35H,7,13-20H2,1-4H3. The minimum Gasteiger partial charge on any atom is -0.495 e. The Labute approximate surface area is 241 Å². The van der Waals surface area contributed by atoms with E-state index < -0.39 is 13.3 Å². The molecule has 3 aromatic rings. The molecule has 1 fully saturated rings. The molecule has 2 heterocycles.